The van der Waals surface area contributed by atoms with Crippen LogP contribution in [0.1, 0.15) is 11.5 Å². The van der Waals surface area contributed by atoms with E-state index in [1.807, 2.05) is 31.2 Å². The molecule has 0 aliphatic heterocycles. The molecule has 0 saturated heterocycles. The Balaban J connectivity index is 2.35. The molecule has 0 atom stereocenters. The smallest absolute Gasteiger partial charge is 0.279 e. The summed E-state index contributed by atoms with van der Waals surface area (Å²) in [5.41, 5.74) is 1.96. The summed E-state index contributed by atoms with van der Waals surface area (Å²) in [7, 11) is 0. The van der Waals surface area contributed by atoms with Crippen molar-refractivity contribution in [1.82, 2.24) is 10.1 Å². The van der Waals surface area contributed by atoms with Crippen LogP contribution in [0.3, 0.4) is 0 Å². The fraction of sp³-hybridized carbons (Fsp3) is 0.200. The molecule has 2 rings (SSSR count). The minimum absolute atomic E-state index is 0.0342. The summed E-state index contributed by atoms with van der Waals surface area (Å²) in [4.78, 5) is 4.01. The van der Waals surface area contributed by atoms with Crippen LogP contribution in [-0.4, -0.2) is 10.1 Å². The Hall–Kier alpha value is -0.770. The molecule has 1 heterocycles. The summed E-state index contributed by atoms with van der Waals surface area (Å²) in [6.45, 7) is 1.99. The molecule has 3 nitrogen and oxygen atoms in total. The van der Waals surface area contributed by atoms with Gasteiger partial charge in [0.25, 0.3) is 9.68 Å². The van der Waals surface area contributed by atoms with Crippen LogP contribution in [0.15, 0.2) is 28.8 Å². The first-order valence-corrected chi connectivity index (χ1v) is 5.58. The second kappa shape index (κ2) is 4.24. The van der Waals surface area contributed by atoms with Crippen molar-refractivity contribution in [3.63, 3.8) is 0 Å². The molecule has 0 N–H and O–H groups in total. The number of aromatic nitrogens is 2. The molecular weight excluding hydrogens is 270 g/mol. The largest absolute Gasteiger partial charge is 0.334 e. The van der Waals surface area contributed by atoms with Gasteiger partial charge in [-0.3, -0.25) is 0 Å². The van der Waals surface area contributed by atoms with Crippen molar-refractivity contribution in [2.75, 3.05) is 0 Å². The summed E-state index contributed by atoms with van der Waals surface area (Å²) in [5.74, 6) is 0.370. The lowest BCUT2D eigenvalue weighted by Gasteiger charge is -2.01. The fourth-order valence-corrected chi connectivity index (χ4v) is 1.39. The van der Waals surface area contributed by atoms with Crippen LogP contribution in [0.25, 0.3) is 11.4 Å². The molecule has 0 amide bonds. The van der Waals surface area contributed by atoms with Crippen molar-refractivity contribution in [2.24, 2.45) is 0 Å². The van der Waals surface area contributed by atoms with E-state index in [0.717, 1.165) is 11.1 Å². The Kier molecular flexibility index (Phi) is 3.10. The minimum Gasteiger partial charge on any atom is -0.334 e. The number of hydrogen-bond acceptors (Lipinski definition) is 3. The standard InChI is InChI=1S/C10H7Cl3N2O/c1-6-2-4-7(5-3-6)8-14-9(16-15-8)10(11,12)13/h2-5H,1H3. The van der Waals surface area contributed by atoms with Crippen molar-refractivity contribution in [1.29, 1.82) is 0 Å². The number of rotatable bonds is 1. The Labute approximate surface area is 107 Å². The second-order valence-corrected chi connectivity index (χ2v) is 5.57. The maximum absolute atomic E-state index is 5.62. The van der Waals surface area contributed by atoms with Gasteiger partial charge in [-0.1, -0.05) is 69.8 Å². The number of alkyl halides is 3. The Morgan fingerprint density at radius 3 is 2.25 bits per heavy atom. The molecule has 0 unspecified atom stereocenters. The Morgan fingerprint density at radius 1 is 1.12 bits per heavy atom. The molecule has 0 fully saturated rings. The van der Waals surface area contributed by atoms with Gasteiger partial charge in [-0.2, -0.15) is 4.98 Å². The van der Waals surface area contributed by atoms with E-state index in [9.17, 15) is 0 Å². The molecule has 84 valence electrons. The maximum atomic E-state index is 5.62. The van der Waals surface area contributed by atoms with E-state index in [-0.39, 0.29) is 5.89 Å². The van der Waals surface area contributed by atoms with Gasteiger partial charge in [-0.05, 0) is 6.92 Å². The molecule has 0 radical (unpaired) electrons. The normalized spacial score (nSPS) is 11.8. The molecule has 0 aliphatic carbocycles. The second-order valence-electron chi connectivity index (χ2n) is 3.29. The molecule has 1 aromatic heterocycles. The lowest BCUT2D eigenvalue weighted by molar-refractivity contribution is 0.383. The molecule has 0 spiro atoms. The highest BCUT2D eigenvalue weighted by Gasteiger charge is 2.30. The van der Waals surface area contributed by atoms with E-state index in [1.54, 1.807) is 0 Å². The Bertz CT molecular complexity index is 488. The van der Waals surface area contributed by atoms with Crippen LogP contribution >= 0.6 is 34.8 Å². The van der Waals surface area contributed by atoms with Crippen LogP contribution in [0.4, 0.5) is 0 Å². The number of nitrogens with zero attached hydrogens (tertiary/aromatic N) is 2. The van der Waals surface area contributed by atoms with Crippen molar-refractivity contribution >= 4 is 34.8 Å². The van der Waals surface area contributed by atoms with Crippen LogP contribution < -0.4 is 0 Å². The first-order valence-electron chi connectivity index (χ1n) is 4.45. The number of benzene rings is 1. The van der Waals surface area contributed by atoms with Gasteiger partial charge in [0, 0.05) is 5.56 Å². The van der Waals surface area contributed by atoms with Gasteiger partial charge in [0.15, 0.2) is 0 Å². The third-order valence-corrected chi connectivity index (χ3v) is 2.46. The molecule has 2 aromatic rings. The van der Waals surface area contributed by atoms with E-state index in [2.05, 4.69) is 10.1 Å². The van der Waals surface area contributed by atoms with Crippen molar-refractivity contribution in [2.45, 2.75) is 10.7 Å². The van der Waals surface area contributed by atoms with Gasteiger partial charge < -0.3 is 4.52 Å². The van der Waals surface area contributed by atoms with Gasteiger partial charge in [0.1, 0.15) is 0 Å². The average molecular weight is 278 g/mol. The third kappa shape index (κ3) is 2.48. The number of aryl methyl sites for hydroxylation is 1. The van der Waals surface area contributed by atoms with Gasteiger partial charge >= 0.3 is 0 Å². The molecule has 0 aliphatic rings. The summed E-state index contributed by atoms with van der Waals surface area (Å²) < 4.78 is 3.17. The average Bonchev–Trinajstić information content (AvgIpc) is 2.67. The highest BCUT2D eigenvalue weighted by Crippen LogP contribution is 2.37. The molecule has 16 heavy (non-hydrogen) atoms. The fourth-order valence-electron chi connectivity index (χ4n) is 1.16. The first kappa shape index (κ1) is 11.7. The van der Waals surface area contributed by atoms with Crippen LogP contribution in [0, 0.1) is 6.92 Å². The van der Waals surface area contributed by atoms with E-state index < -0.39 is 3.79 Å². The SMILES string of the molecule is Cc1ccc(-c2noc(C(Cl)(Cl)Cl)n2)cc1. The summed E-state index contributed by atoms with van der Waals surface area (Å²) in [5, 5.41) is 3.74. The molecular formula is C10H7Cl3N2O. The third-order valence-electron chi connectivity index (χ3n) is 1.98. The lowest BCUT2D eigenvalue weighted by Crippen LogP contribution is -1.99. The summed E-state index contributed by atoms with van der Waals surface area (Å²) >= 11 is 16.9. The maximum Gasteiger partial charge on any atom is 0.279 e. The van der Waals surface area contributed by atoms with Crippen molar-refractivity contribution < 1.29 is 4.52 Å². The van der Waals surface area contributed by atoms with Gasteiger partial charge in [-0.15, -0.1) is 0 Å². The van der Waals surface area contributed by atoms with Gasteiger partial charge in [0.05, 0.1) is 0 Å². The Morgan fingerprint density at radius 2 is 1.75 bits per heavy atom. The topological polar surface area (TPSA) is 38.9 Å². The first-order chi connectivity index (χ1) is 7.47. The van der Waals surface area contributed by atoms with Crippen LogP contribution in [0.2, 0.25) is 0 Å². The molecule has 0 saturated carbocycles. The van der Waals surface area contributed by atoms with Crippen LogP contribution in [-0.2, 0) is 3.79 Å². The zero-order valence-corrected chi connectivity index (χ0v) is 10.5. The molecule has 0 bridgehead atoms. The lowest BCUT2D eigenvalue weighted by atomic mass is 10.1. The van der Waals surface area contributed by atoms with Crippen molar-refractivity contribution in [3.8, 4) is 11.4 Å². The number of halogens is 3. The van der Waals surface area contributed by atoms with Gasteiger partial charge in [0.2, 0.25) is 5.82 Å². The quantitative estimate of drug-likeness (QED) is 0.743. The highest BCUT2D eigenvalue weighted by atomic mass is 35.6. The van der Waals surface area contributed by atoms with E-state index in [0.29, 0.717) is 5.82 Å². The highest BCUT2D eigenvalue weighted by molar-refractivity contribution is 6.66. The summed E-state index contributed by atoms with van der Waals surface area (Å²) in [6.07, 6.45) is 0. The van der Waals surface area contributed by atoms with E-state index >= 15 is 0 Å². The predicted octanol–water partition coefficient (Wildman–Crippen LogP) is 3.87. The zero-order chi connectivity index (χ0) is 11.8. The predicted molar refractivity (Wildman–Crippen MR) is 63.7 cm³/mol. The zero-order valence-electron chi connectivity index (χ0n) is 8.25. The van der Waals surface area contributed by atoms with E-state index in [1.165, 1.54) is 0 Å². The summed E-state index contributed by atoms with van der Waals surface area (Å²) in [6, 6.07) is 7.64. The monoisotopic (exact) mass is 276 g/mol. The molecule has 1 aromatic carbocycles. The minimum atomic E-state index is -1.68. The van der Waals surface area contributed by atoms with Crippen LogP contribution in [0.5, 0.6) is 0 Å². The van der Waals surface area contributed by atoms with E-state index in [4.69, 9.17) is 39.3 Å². The number of hydrogen-bond donors (Lipinski definition) is 0. The van der Waals surface area contributed by atoms with Crippen molar-refractivity contribution in [3.05, 3.63) is 35.7 Å². The molecule has 6 heteroatoms. The van der Waals surface area contributed by atoms with Gasteiger partial charge in [-0.25, -0.2) is 0 Å².